The van der Waals surface area contributed by atoms with Crippen LogP contribution in [0.5, 0.6) is 5.75 Å². The molecule has 2 heterocycles. The zero-order chi connectivity index (χ0) is 19.0. The number of aromatic hydroxyl groups is 1. The average Bonchev–Trinajstić information content (AvgIpc) is 3.17. The summed E-state index contributed by atoms with van der Waals surface area (Å²) in [5, 5.41) is 18.3. The van der Waals surface area contributed by atoms with Crippen molar-refractivity contribution < 1.29 is 5.11 Å². The number of thiophene rings is 1. The minimum Gasteiger partial charge on any atom is -0.505 e. The highest BCUT2D eigenvalue weighted by molar-refractivity contribution is 7.10. The molecule has 0 spiro atoms. The molecule has 0 radical (unpaired) electrons. The van der Waals surface area contributed by atoms with Crippen LogP contribution in [0.15, 0.2) is 60.0 Å². The molecule has 0 aliphatic rings. The van der Waals surface area contributed by atoms with Crippen LogP contribution in [0.3, 0.4) is 0 Å². The van der Waals surface area contributed by atoms with Crippen molar-refractivity contribution in [2.45, 2.75) is 19.9 Å². The van der Waals surface area contributed by atoms with Crippen molar-refractivity contribution in [3.8, 4) is 5.75 Å². The second-order valence-electron chi connectivity index (χ2n) is 6.58. The average molecular weight is 395 g/mol. The molecule has 0 fully saturated rings. The maximum Gasteiger partial charge on any atom is 0.147 e. The van der Waals surface area contributed by atoms with Gasteiger partial charge in [-0.25, -0.2) is 4.98 Å². The summed E-state index contributed by atoms with van der Waals surface area (Å²) in [7, 11) is 0. The minimum atomic E-state index is -0.184. The third-order valence-corrected chi connectivity index (χ3v) is 5.81. The Morgan fingerprint density at radius 2 is 1.89 bits per heavy atom. The van der Waals surface area contributed by atoms with E-state index in [2.05, 4.69) is 16.4 Å². The number of nitrogens with zero attached hydrogens (tertiary/aromatic N) is 1. The van der Waals surface area contributed by atoms with Gasteiger partial charge in [0.2, 0.25) is 0 Å². The monoisotopic (exact) mass is 394 g/mol. The molecule has 4 rings (SSSR count). The van der Waals surface area contributed by atoms with Gasteiger partial charge in [0.15, 0.2) is 0 Å². The number of pyridine rings is 1. The Morgan fingerprint density at radius 3 is 2.63 bits per heavy atom. The molecule has 0 bridgehead atoms. The summed E-state index contributed by atoms with van der Waals surface area (Å²) in [6, 6.07) is 17.6. The lowest BCUT2D eigenvalue weighted by Crippen LogP contribution is -2.12. The Kier molecular flexibility index (Phi) is 4.77. The van der Waals surface area contributed by atoms with E-state index in [9.17, 15) is 5.11 Å². The van der Waals surface area contributed by atoms with Crippen molar-refractivity contribution in [3.63, 3.8) is 0 Å². The molecule has 4 aromatic rings. The van der Waals surface area contributed by atoms with Crippen LogP contribution in [-0.4, -0.2) is 10.1 Å². The van der Waals surface area contributed by atoms with Gasteiger partial charge in [0.05, 0.1) is 6.04 Å². The van der Waals surface area contributed by atoms with Crippen molar-refractivity contribution in [1.29, 1.82) is 0 Å². The van der Waals surface area contributed by atoms with Crippen LogP contribution in [0, 0.1) is 13.8 Å². The van der Waals surface area contributed by atoms with Crippen LogP contribution >= 0.6 is 22.9 Å². The van der Waals surface area contributed by atoms with Crippen LogP contribution in [0.2, 0.25) is 5.02 Å². The molecule has 2 N–H and O–H groups in total. The first-order valence-corrected chi connectivity index (χ1v) is 9.94. The molecule has 1 unspecified atom stereocenters. The summed E-state index contributed by atoms with van der Waals surface area (Å²) < 4.78 is 0. The van der Waals surface area contributed by atoms with E-state index >= 15 is 0 Å². The van der Waals surface area contributed by atoms with Gasteiger partial charge in [-0.1, -0.05) is 35.9 Å². The SMILES string of the molecule is Cc1ccc2ccc(C(Nc3ccc(Cl)cc3C)c3cccs3)c(O)c2n1. The minimum absolute atomic E-state index is 0.184. The van der Waals surface area contributed by atoms with E-state index in [1.165, 1.54) is 0 Å². The number of nitrogens with one attached hydrogen (secondary N) is 1. The van der Waals surface area contributed by atoms with Crippen molar-refractivity contribution in [3.05, 3.63) is 86.7 Å². The van der Waals surface area contributed by atoms with Gasteiger partial charge in [-0.15, -0.1) is 11.3 Å². The number of phenolic OH excluding ortho intramolecular Hbond substituents is 1. The lowest BCUT2D eigenvalue weighted by molar-refractivity contribution is 0.472. The Morgan fingerprint density at radius 1 is 1.07 bits per heavy atom. The number of rotatable bonds is 4. The number of hydrogen-bond donors (Lipinski definition) is 2. The van der Waals surface area contributed by atoms with E-state index in [-0.39, 0.29) is 11.8 Å². The molecule has 27 heavy (non-hydrogen) atoms. The molecule has 136 valence electrons. The molecule has 0 saturated heterocycles. The summed E-state index contributed by atoms with van der Waals surface area (Å²) in [5.74, 6) is 0.216. The first-order chi connectivity index (χ1) is 13.0. The van der Waals surface area contributed by atoms with Crippen molar-refractivity contribution in [1.82, 2.24) is 4.98 Å². The van der Waals surface area contributed by atoms with Gasteiger partial charge in [0.1, 0.15) is 11.3 Å². The smallest absolute Gasteiger partial charge is 0.147 e. The highest BCUT2D eigenvalue weighted by Crippen LogP contribution is 2.38. The zero-order valence-electron chi connectivity index (χ0n) is 15.0. The van der Waals surface area contributed by atoms with Crippen molar-refractivity contribution >= 4 is 39.5 Å². The van der Waals surface area contributed by atoms with Gasteiger partial charge in [0.25, 0.3) is 0 Å². The van der Waals surface area contributed by atoms with Gasteiger partial charge in [-0.2, -0.15) is 0 Å². The van der Waals surface area contributed by atoms with Gasteiger partial charge in [0, 0.05) is 32.2 Å². The van der Waals surface area contributed by atoms with Crippen molar-refractivity contribution in [2.24, 2.45) is 0 Å². The van der Waals surface area contributed by atoms with Gasteiger partial charge < -0.3 is 10.4 Å². The van der Waals surface area contributed by atoms with E-state index < -0.39 is 0 Å². The van der Waals surface area contributed by atoms with E-state index in [0.717, 1.165) is 32.8 Å². The Labute approximate surface area is 167 Å². The highest BCUT2D eigenvalue weighted by Gasteiger charge is 2.21. The Bertz CT molecular complexity index is 1110. The number of benzene rings is 2. The van der Waals surface area contributed by atoms with Gasteiger partial charge in [-0.05, 0) is 55.1 Å². The fraction of sp³-hybridized carbons (Fsp3) is 0.136. The molecular formula is C22H19ClN2OS. The van der Waals surface area contributed by atoms with Crippen molar-refractivity contribution in [2.75, 3.05) is 5.32 Å². The number of fused-ring (bicyclic) bond motifs is 1. The van der Waals surface area contributed by atoms with E-state index in [1.807, 2.05) is 67.8 Å². The van der Waals surface area contributed by atoms with E-state index in [1.54, 1.807) is 11.3 Å². The number of anilines is 1. The number of hydrogen-bond acceptors (Lipinski definition) is 4. The molecule has 2 aromatic carbocycles. The Hall–Kier alpha value is -2.56. The maximum absolute atomic E-state index is 11.0. The second kappa shape index (κ2) is 7.22. The third kappa shape index (κ3) is 3.51. The molecular weight excluding hydrogens is 376 g/mol. The third-order valence-electron chi connectivity index (χ3n) is 4.63. The number of halogens is 1. The van der Waals surface area contributed by atoms with Crippen LogP contribution < -0.4 is 5.32 Å². The van der Waals surface area contributed by atoms with Crippen LogP contribution in [0.25, 0.3) is 10.9 Å². The van der Waals surface area contributed by atoms with E-state index in [4.69, 9.17) is 11.6 Å². The van der Waals surface area contributed by atoms with Crippen LogP contribution in [-0.2, 0) is 0 Å². The standard InChI is InChI=1S/C22H19ClN2OS/c1-13-12-16(23)8-10-18(13)25-21(19-4-3-11-27-19)17-9-7-15-6-5-14(2)24-20(15)22(17)26/h3-12,21,25-26H,1-2H3. The summed E-state index contributed by atoms with van der Waals surface area (Å²) in [6.45, 7) is 3.95. The molecule has 3 nitrogen and oxygen atoms in total. The highest BCUT2D eigenvalue weighted by atomic mass is 35.5. The normalized spacial score (nSPS) is 12.3. The largest absolute Gasteiger partial charge is 0.505 e. The molecule has 5 heteroatoms. The van der Waals surface area contributed by atoms with E-state index in [0.29, 0.717) is 10.5 Å². The number of aromatic nitrogens is 1. The first-order valence-electron chi connectivity index (χ1n) is 8.68. The molecule has 0 aliphatic carbocycles. The second-order valence-corrected chi connectivity index (χ2v) is 8.00. The fourth-order valence-corrected chi connectivity index (χ4v) is 4.24. The summed E-state index contributed by atoms with van der Waals surface area (Å²) >= 11 is 7.75. The molecule has 0 saturated carbocycles. The molecule has 0 amide bonds. The lowest BCUT2D eigenvalue weighted by Gasteiger charge is -2.22. The molecule has 2 aromatic heterocycles. The first kappa shape index (κ1) is 17.8. The summed E-state index contributed by atoms with van der Waals surface area (Å²) in [5.41, 5.74) is 4.35. The predicted molar refractivity (Wildman–Crippen MR) is 114 cm³/mol. The van der Waals surface area contributed by atoms with Gasteiger partial charge in [-0.3, -0.25) is 0 Å². The quantitative estimate of drug-likeness (QED) is 0.416. The number of aryl methyl sites for hydroxylation is 2. The fourth-order valence-electron chi connectivity index (χ4n) is 3.22. The lowest BCUT2D eigenvalue weighted by atomic mass is 10.0. The van der Waals surface area contributed by atoms with Crippen LogP contribution in [0.4, 0.5) is 5.69 Å². The molecule has 1 atom stereocenters. The molecule has 0 aliphatic heterocycles. The maximum atomic E-state index is 11.0. The Balaban J connectivity index is 1.84. The van der Waals surface area contributed by atoms with Gasteiger partial charge >= 0.3 is 0 Å². The topological polar surface area (TPSA) is 45.1 Å². The summed E-state index contributed by atoms with van der Waals surface area (Å²) in [6.07, 6.45) is 0. The zero-order valence-corrected chi connectivity index (χ0v) is 16.6. The van der Waals surface area contributed by atoms with Crippen LogP contribution in [0.1, 0.15) is 27.7 Å². The number of phenols is 1. The summed E-state index contributed by atoms with van der Waals surface area (Å²) in [4.78, 5) is 5.66. The predicted octanol–water partition coefficient (Wildman–Crippen LogP) is 6.47.